The molecule has 0 rings (SSSR count). The standard InChI is InChI=1S/Cu.H2O5S2/c;1-6(2)7(3,4)5/h;(H,1,2)(H,3,4,5)/q+2;/p-2. The van der Waals surface area contributed by atoms with E-state index in [1.54, 1.807) is 0 Å². The van der Waals surface area contributed by atoms with Crippen molar-refractivity contribution in [2.75, 3.05) is 0 Å². The summed E-state index contributed by atoms with van der Waals surface area (Å²) in [6, 6.07) is 0. The Morgan fingerprint density at radius 3 is 1.50 bits per heavy atom. The Hall–Kier alpha value is 0.539. The number of hydrogen-bond donors (Lipinski definition) is 0. The summed E-state index contributed by atoms with van der Waals surface area (Å²) in [6.45, 7) is 0. The van der Waals surface area contributed by atoms with Gasteiger partial charge >= 0.3 is 17.1 Å². The fourth-order valence-electron chi connectivity index (χ4n) is 0. The third kappa shape index (κ3) is 4.69. The summed E-state index contributed by atoms with van der Waals surface area (Å²) < 4.78 is 45.7. The quantitative estimate of drug-likeness (QED) is 0.222. The predicted molar refractivity (Wildman–Crippen MR) is 18.6 cm³/mol. The summed E-state index contributed by atoms with van der Waals surface area (Å²) in [5, 5.41) is 0. The second kappa shape index (κ2) is 3.54. The van der Waals surface area contributed by atoms with Gasteiger partial charge in [-0.2, -0.15) is 0 Å². The third-order valence-corrected chi connectivity index (χ3v) is 1.50. The average molecular weight is 208 g/mol. The van der Waals surface area contributed by atoms with Crippen molar-refractivity contribution in [2.45, 2.75) is 0 Å². The van der Waals surface area contributed by atoms with E-state index in [9.17, 15) is 0 Å². The molecule has 0 amide bonds. The molecule has 5 nitrogen and oxygen atoms in total. The van der Waals surface area contributed by atoms with Crippen molar-refractivity contribution in [1.29, 1.82) is 0 Å². The van der Waals surface area contributed by atoms with Crippen molar-refractivity contribution in [3.8, 4) is 0 Å². The summed E-state index contributed by atoms with van der Waals surface area (Å²) in [6.07, 6.45) is 0. The molecule has 0 aromatic rings. The van der Waals surface area contributed by atoms with Crippen LogP contribution < -0.4 is 0 Å². The molecule has 8 heavy (non-hydrogen) atoms. The van der Waals surface area contributed by atoms with Crippen LogP contribution in [0.5, 0.6) is 0 Å². The van der Waals surface area contributed by atoms with Crippen LogP contribution in [0.1, 0.15) is 0 Å². The molecule has 0 bridgehead atoms. The molecule has 0 aromatic heterocycles. The van der Waals surface area contributed by atoms with E-state index in [0.29, 0.717) is 0 Å². The van der Waals surface area contributed by atoms with Crippen LogP contribution in [-0.4, -0.2) is 21.7 Å². The van der Waals surface area contributed by atoms with Crippen molar-refractivity contribution < 1.29 is 38.8 Å². The molecule has 1 radical (unpaired) electrons. The summed E-state index contributed by atoms with van der Waals surface area (Å²) in [5.74, 6) is 0. The largest absolute Gasteiger partial charge is 2.00 e. The summed E-state index contributed by atoms with van der Waals surface area (Å²) in [7, 11) is -8.59. The van der Waals surface area contributed by atoms with E-state index in [1.807, 2.05) is 0 Å². The zero-order chi connectivity index (χ0) is 6.08. The first-order valence-electron chi connectivity index (χ1n) is 1.00. The molecule has 0 saturated carbocycles. The van der Waals surface area contributed by atoms with E-state index in [4.69, 9.17) is 21.7 Å². The summed E-state index contributed by atoms with van der Waals surface area (Å²) >= 11 is 0. The molecule has 0 heterocycles. The molecule has 0 spiro atoms. The minimum Gasteiger partial charge on any atom is -0.761 e. The average Bonchev–Trinajstić information content (AvgIpc) is 1.31. The van der Waals surface area contributed by atoms with E-state index in [1.165, 1.54) is 0 Å². The van der Waals surface area contributed by atoms with Crippen LogP contribution in [0.2, 0.25) is 0 Å². The SMILES string of the molecule is O=S([O-])S(=O)(=O)[O-].[Cu+2]. The Kier molecular flexibility index (Phi) is 5.03. The Bertz CT molecular complexity index is 165. The molecule has 0 aliphatic carbocycles. The monoisotopic (exact) mass is 207 g/mol. The summed E-state index contributed by atoms with van der Waals surface area (Å²) in [4.78, 5) is 0. The Labute approximate surface area is 58.4 Å². The molecule has 0 saturated heterocycles. The molecule has 1 atom stereocenters. The van der Waals surface area contributed by atoms with E-state index >= 15 is 0 Å². The van der Waals surface area contributed by atoms with Crippen LogP contribution >= 0.6 is 0 Å². The molecule has 0 aliphatic heterocycles. The second-order valence-electron chi connectivity index (χ2n) is 0.612. The van der Waals surface area contributed by atoms with Gasteiger partial charge in [-0.15, -0.1) is 0 Å². The van der Waals surface area contributed by atoms with E-state index < -0.39 is 19.3 Å². The topological polar surface area (TPSA) is 97.3 Å². The maximum atomic E-state index is 9.16. The van der Waals surface area contributed by atoms with Crippen molar-refractivity contribution >= 4 is 19.3 Å². The van der Waals surface area contributed by atoms with Crippen LogP contribution in [-0.2, 0) is 36.3 Å². The smallest absolute Gasteiger partial charge is 0.761 e. The van der Waals surface area contributed by atoms with Gasteiger partial charge in [-0.1, -0.05) is 0 Å². The van der Waals surface area contributed by atoms with Gasteiger partial charge in [-0.3, -0.25) is 4.21 Å². The molecule has 0 N–H and O–H groups in total. The molecule has 0 aliphatic rings. The zero-order valence-corrected chi connectivity index (χ0v) is 5.73. The van der Waals surface area contributed by atoms with Gasteiger partial charge in [0.15, 0.2) is 9.15 Å². The molecule has 1 unspecified atom stereocenters. The van der Waals surface area contributed by atoms with Gasteiger partial charge in [-0.25, -0.2) is 8.42 Å². The fraction of sp³-hybridized carbons (Fsp3) is 0. The van der Waals surface area contributed by atoms with Crippen molar-refractivity contribution in [3.63, 3.8) is 0 Å². The van der Waals surface area contributed by atoms with Gasteiger partial charge < -0.3 is 9.11 Å². The first kappa shape index (κ1) is 11.4. The van der Waals surface area contributed by atoms with Gasteiger partial charge in [0, 0.05) is 0 Å². The van der Waals surface area contributed by atoms with E-state index in [2.05, 4.69) is 0 Å². The van der Waals surface area contributed by atoms with Gasteiger partial charge in [-0.05, 0) is 0 Å². The second-order valence-corrected chi connectivity index (χ2v) is 3.88. The number of hydrogen-bond acceptors (Lipinski definition) is 5. The van der Waals surface area contributed by atoms with Crippen LogP contribution in [0.3, 0.4) is 0 Å². The summed E-state index contributed by atoms with van der Waals surface area (Å²) in [5.41, 5.74) is 0. The molecule has 8 heteroatoms. The Morgan fingerprint density at radius 1 is 1.38 bits per heavy atom. The van der Waals surface area contributed by atoms with E-state index in [0.717, 1.165) is 0 Å². The Balaban J connectivity index is 0. The van der Waals surface area contributed by atoms with Gasteiger partial charge in [0.2, 0.25) is 0 Å². The first-order valence-corrected chi connectivity index (χ1v) is 4.00. The van der Waals surface area contributed by atoms with Crippen LogP contribution in [0, 0.1) is 0 Å². The molecule has 53 valence electrons. The van der Waals surface area contributed by atoms with E-state index in [-0.39, 0.29) is 17.1 Å². The van der Waals surface area contributed by atoms with Crippen LogP contribution in [0.15, 0.2) is 0 Å². The first-order chi connectivity index (χ1) is 2.94. The van der Waals surface area contributed by atoms with Crippen LogP contribution in [0.25, 0.3) is 0 Å². The molecular formula is CuO5S2. The molecule has 0 aromatic carbocycles. The third-order valence-electron chi connectivity index (χ3n) is 0.167. The van der Waals surface area contributed by atoms with Crippen LogP contribution in [0.4, 0.5) is 0 Å². The minimum absolute atomic E-state index is 0. The van der Waals surface area contributed by atoms with Crippen molar-refractivity contribution in [1.82, 2.24) is 0 Å². The zero-order valence-electron chi connectivity index (χ0n) is 3.16. The maximum Gasteiger partial charge on any atom is 2.00 e. The normalized spacial score (nSPS) is 14.2. The molecule has 0 fully saturated rings. The van der Waals surface area contributed by atoms with Gasteiger partial charge in [0.1, 0.15) is 0 Å². The molecular weight excluding hydrogens is 208 g/mol. The van der Waals surface area contributed by atoms with Crippen molar-refractivity contribution in [3.05, 3.63) is 0 Å². The minimum atomic E-state index is -5.07. The van der Waals surface area contributed by atoms with Crippen molar-refractivity contribution in [2.24, 2.45) is 0 Å². The predicted octanol–water partition coefficient (Wildman–Crippen LogP) is -1.68. The van der Waals surface area contributed by atoms with Gasteiger partial charge in [0.05, 0.1) is 10.1 Å². The Morgan fingerprint density at radius 2 is 1.50 bits per heavy atom. The maximum absolute atomic E-state index is 9.16. The fourth-order valence-corrected chi connectivity index (χ4v) is 0. The number of rotatable bonds is 1. The van der Waals surface area contributed by atoms with Gasteiger partial charge in [0.25, 0.3) is 0 Å².